The zero-order chi connectivity index (χ0) is 14.7. The van der Waals surface area contributed by atoms with E-state index in [-0.39, 0.29) is 29.1 Å². The van der Waals surface area contributed by atoms with Crippen LogP contribution in [0.1, 0.15) is 20.3 Å². The summed E-state index contributed by atoms with van der Waals surface area (Å²) >= 11 is 0. The molecule has 0 aromatic heterocycles. The third-order valence-corrected chi connectivity index (χ3v) is 4.21. The number of hydrogen-bond acceptors (Lipinski definition) is 4. The quantitative estimate of drug-likeness (QED) is 0.684. The number of benzene rings is 1. The number of halogens is 1. The van der Waals surface area contributed by atoms with Crippen molar-refractivity contribution in [3.63, 3.8) is 0 Å². The SMILES string of the molecule is CC(C)(CCO)CNS(=O)(=O)c1ccc(F)c(N)c1. The number of nitrogens with one attached hydrogen (secondary N) is 1. The molecule has 0 bridgehead atoms. The van der Waals surface area contributed by atoms with Gasteiger partial charge in [-0.3, -0.25) is 0 Å². The predicted molar refractivity (Wildman–Crippen MR) is 71.5 cm³/mol. The van der Waals surface area contributed by atoms with Crippen LogP contribution in [0.25, 0.3) is 0 Å². The summed E-state index contributed by atoms with van der Waals surface area (Å²) in [5.74, 6) is -0.653. The van der Waals surface area contributed by atoms with E-state index in [4.69, 9.17) is 10.8 Å². The summed E-state index contributed by atoms with van der Waals surface area (Å²) < 4.78 is 39.4. The Bertz CT molecular complexity index is 544. The lowest BCUT2D eigenvalue weighted by molar-refractivity contribution is 0.213. The standard InChI is InChI=1S/C12H19FN2O3S/c1-12(2,5-6-16)8-15-19(17,18)9-3-4-10(13)11(14)7-9/h3-4,7,15-16H,5-6,8,14H2,1-2H3. The second-order valence-electron chi connectivity index (χ2n) is 5.15. The lowest BCUT2D eigenvalue weighted by Crippen LogP contribution is -2.34. The zero-order valence-corrected chi connectivity index (χ0v) is 11.8. The molecule has 0 heterocycles. The molecular formula is C12H19FN2O3S. The molecule has 108 valence electrons. The molecular weight excluding hydrogens is 271 g/mol. The molecule has 1 rings (SSSR count). The van der Waals surface area contributed by atoms with Gasteiger partial charge in [0.1, 0.15) is 5.82 Å². The lowest BCUT2D eigenvalue weighted by atomic mass is 9.90. The van der Waals surface area contributed by atoms with Crippen molar-refractivity contribution in [3.05, 3.63) is 24.0 Å². The van der Waals surface area contributed by atoms with Crippen molar-refractivity contribution in [1.82, 2.24) is 4.72 Å². The number of nitrogens with two attached hydrogens (primary N) is 1. The third kappa shape index (κ3) is 4.45. The van der Waals surface area contributed by atoms with Gasteiger partial charge in [-0.05, 0) is 30.0 Å². The minimum Gasteiger partial charge on any atom is -0.396 e. The summed E-state index contributed by atoms with van der Waals surface area (Å²) in [5.41, 5.74) is 4.77. The van der Waals surface area contributed by atoms with Crippen LogP contribution in [-0.2, 0) is 10.0 Å². The monoisotopic (exact) mass is 290 g/mol. The first-order valence-electron chi connectivity index (χ1n) is 5.83. The van der Waals surface area contributed by atoms with Crippen molar-refractivity contribution in [1.29, 1.82) is 0 Å². The molecule has 0 saturated carbocycles. The minimum absolute atomic E-state index is 0.0157. The van der Waals surface area contributed by atoms with Gasteiger partial charge in [0.25, 0.3) is 0 Å². The summed E-state index contributed by atoms with van der Waals surface area (Å²) in [6.45, 7) is 3.83. The van der Waals surface area contributed by atoms with Crippen LogP contribution in [0.5, 0.6) is 0 Å². The van der Waals surface area contributed by atoms with Gasteiger partial charge < -0.3 is 10.8 Å². The molecule has 1 aromatic carbocycles. The van der Waals surface area contributed by atoms with Gasteiger partial charge in [0.15, 0.2) is 0 Å². The Kier molecular flexibility index (Phi) is 4.89. The summed E-state index contributed by atoms with van der Waals surface area (Å²) in [7, 11) is -3.73. The highest BCUT2D eigenvalue weighted by Crippen LogP contribution is 2.21. The Morgan fingerprint density at radius 2 is 2.05 bits per heavy atom. The van der Waals surface area contributed by atoms with Crippen molar-refractivity contribution in [2.75, 3.05) is 18.9 Å². The van der Waals surface area contributed by atoms with Crippen LogP contribution in [0.15, 0.2) is 23.1 Å². The fourth-order valence-corrected chi connectivity index (χ4v) is 2.73. The average molecular weight is 290 g/mol. The molecule has 0 saturated heterocycles. The van der Waals surface area contributed by atoms with Gasteiger partial charge in [0, 0.05) is 13.2 Å². The Balaban J connectivity index is 2.84. The first-order valence-corrected chi connectivity index (χ1v) is 7.32. The first-order chi connectivity index (χ1) is 8.68. The molecule has 5 nitrogen and oxygen atoms in total. The van der Waals surface area contributed by atoms with E-state index in [1.807, 2.05) is 13.8 Å². The van der Waals surface area contributed by atoms with Crippen LogP contribution >= 0.6 is 0 Å². The second kappa shape index (κ2) is 5.85. The van der Waals surface area contributed by atoms with Gasteiger partial charge in [-0.25, -0.2) is 17.5 Å². The van der Waals surface area contributed by atoms with Crippen LogP contribution in [0.4, 0.5) is 10.1 Å². The van der Waals surface area contributed by atoms with Crippen molar-refractivity contribution in [2.45, 2.75) is 25.2 Å². The van der Waals surface area contributed by atoms with Crippen LogP contribution in [0.2, 0.25) is 0 Å². The fourth-order valence-electron chi connectivity index (χ4n) is 1.45. The average Bonchev–Trinajstić information content (AvgIpc) is 2.30. The summed E-state index contributed by atoms with van der Waals surface area (Å²) in [5, 5.41) is 8.88. The lowest BCUT2D eigenvalue weighted by Gasteiger charge is -2.23. The van der Waals surface area contributed by atoms with Gasteiger partial charge >= 0.3 is 0 Å². The van der Waals surface area contributed by atoms with E-state index in [0.29, 0.717) is 6.42 Å². The molecule has 4 N–H and O–H groups in total. The summed E-state index contributed by atoms with van der Waals surface area (Å²) in [6.07, 6.45) is 0.473. The van der Waals surface area contributed by atoms with Crippen LogP contribution in [0.3, 0.4) is 0 Å². The van der Waals surface area contributed by atoms with Crippen molar-refractivity contribution >= 4 is 15.7 Å². The number of rotatable bonds is 6. The maximum Gasteiger partial charge on any atom is 0.240 e. The largest absolute Gasteiger partial charge is 0.396 e. The number of aliphatic hydroxyl groups is 1. The minimum atomic E-state index is -3.73. The van der Waals surface area contributed by atoms with E-state index in [1.165, 1.54) is 0 Å². The molecule has 0 radical (unpaired) electrons. The van der Waals surface area contributed by atoms with Crippen LogP contribution in [0, 0.1) is 11.2 Å². The number of sulfonamides is 1. The maximum atomic E-state index is 13.0. The zero-order valence-electron chi connectivity index (χ0n) is 11.0. The van der Waals surface area contributed by atoms with E-state index in [9.17, 15) is 12.8 Å². The summed E-state index contributed by atoms with van der Waals surface area (Å²) in [6, 6.07) is 3.26. The maximum absolute atomic E-state index is 13.0. The van der Waals surface area contributed by atoms with Gasteiger partial charge in [0.2, 0.25) is 10.0 Å². The highest BCUT2D eigenvalue weighted by molar-refractivity contribution is 7.89. The van der Waals surface area contributed by atoms with E-state index < -0.39 is 15.8 Å². The molecule has 0 unspecified atom stereocenters. The Labute approximate surface area is 112 Å². The molecule has 0 amide bonds. The molecule has 0 aliphatic rings. The van der Waals surface area contributed by atoms with Crippen molar-refractivity contribution in [3.8, 4) is 0 Å². The number of anilines is 1. The van der Waals surface area contributed by atoms with E-state index >= 15 is 0 Å². The van der Waals surface area contributed by atoms with Crippen molar-refractivity contribution in [2.24, 2.45) is 5.41 Å². The normalized spacial score (nSPS) is 12.6. The van der Waals surface area contributed by atoms with Gasteiger partial charge in [-0.2, -0.15) is 0 Å². The molecule has 0 fully saturated rings. The van der Waals surface area contributed by atoms with Crippen LogP contribution < -0.4 is 10.5 Å². The molecule has 0 aliphatic heterocycles. The number of aliphatic hydroxyl groups excluding tert-OH is 1. The Hall–Kier alpha value is -1.18. The second-order valence-corrected chi connectivity index (χ2v) is 6.91. The topological polar surface area (TPSA) is 92.4 Å². The highest BCUT2D eigenvalue weighted by Gasteiger charge is 2.22. The number of hydrogen-bond donors (Lipinski definition) is 3. The summed E-state index contributed by atoms with van der Waals surface area (Å²) in [4.78, 5) is -0.0776. The van der Waals surface area contributed by atoms with E-state index in [1.54, 1.807) is 0 Å². The molecule has 0 atom stereocenters. The van der Waals surface area contributed by atoms with Gasteiger partial charge in [-0.1, -0.05) is 13.8 Å². The third-order valence-electron chi connectivity index (χ3n) is 2.81. The molecule has 19 heavy (non-hydrogen) atoms. The molecule has 0 spiro atoms. The van der Waals surface area contributed by atoms with E-state index in [0.717, 1.165) is 18.2 Å². The molecule has 1 aromatic rings. The predicted octanol–water partition coefficient (Wildman–Crippen LogP) is 1.09. The van der Waals surface area contributed by atoms with E-state index in [2.05, 4.69) is 4.72 Å². The highest BCUT2D eigenvalue weighted by atomic mass is 32.2. The van der Waals surface area contributed by atoms with Crippen LogP contribution in [-0.4, -0.2) is 26.7 Å². The first kappa shape index (κ1) is 15.9. The Morgan fingerprint density at radius 1 is 1.42 bits per heavy atom. The molecule has 7 heteroatoms. The van der Waals surface area contributed by atoms with Crippen molar-refractivity contribution < 1.29 is 17.9 Å². The smallest absolute Gasteiger partial charge is 0.240 e. The fraction of sp³-hybridized carbons (Fsp3) is 0.500. The molecule has 0 aliphatic carbocycles. The number of nitrogen functional groups attached to an aromatic ring is 1. The van der Waals surface area contributed by atoms with Gasteiger partial charge in [0.05, 0.1) is 10.6 Å². The Morgan fingerprint density at radius 3 is 2.58 bits per heavy atom. The van der Waals surface area contributed by atoms with Gasteiger partial charge in [-0.15, -0.1) is 0 Å².